The molecule has 22 heavy (non-hydrogen) atoms. The Bertz CT molecular complexity index is 721. The smallest absolute Gasteiger partial charge is 0.272 e. The second-order valence-electron chi connectivity index (χ2n) is 6.04. The van der Waals surface area contributed by atoms with Crippen molar-refractivity contribution < 1.29 is 9.90 Å². The zero-order valence-corrected chi connectivity index (χ0v) is 13.5. The van der Waals surface area contributed by atoms with Crippen molar-refractivity contribution in [2.45, 2.75) is 30.9 Å². The molecule has 0 radical (unpaired) electrons. The standard InChI is InChI=1S/C16H16BrN3O2/c17-11-3-1-10(2-4-11)12-9-13(19-18-12)15(22)20-8-5-14(21)16(20)6-7-16/h1-4,9,14,21H,5-8H2,(H,18,19). The van der Waals surface area contributed by atoms with Crippen molar-refractivity contribution in [2.24, 2.45) is 0 Å². The van der Waals surface area contributed by atoms with Gasteiger partial charge in [-0.2, -0.15) is 5.10 Å². The third-order valence-corrected chi connectivity index (χ3v) is 5.27. The van der Waals surface area contributed by atoms with Gasteiger partial charge >= 0.3 is 0 Å². The number of halogens is 1. The number of aromatic nitrogens is 2. The largest absolute Gasteiger partial charge is 0.391 e. The van der Waals surface area contributed by atoms with Gasteiger partial charge in [0, 0.05) is 16.6 Å². The lowest BCUT2D eigenvalue weighted by molar-refractivity contribution is 0.0582. The van der Waals surface area contributed by atoms with Gasteiger partial charge in [-0.1, -0.05) is 28.1 Å². The number of carbonyl (C=O) groups is 1. The minimum atomic E-state index is -0.384. The van der Waals surface area contributed by atoms with Crippen molar-refractivity contribution in [2.75, 3.05) is 6.54 Å². The quantitative estimate of drug-likeness (QED) is 0.863. The van der Waals surface area contributed by atoms with Crippen molar-refractivity contribution in [3.63, 3.8) is 0 Å². The second-order valence-corrected chi connectivity index (χ2v) is 6.95. The summed E-state index contributed by atoms with van der Waals surface area (Å²) in [5, 5.41) is 17.2. The monoisotopic (exact) mass is 361 g/mol. The molecule has 2 aromatic rings. The van der Waals surface area contributed by atoms with Gasteiger partial charge in [0.15, 0.2) is 0 Å². The first-order chi connectivity index (χ1) is 10.6. The van der Waals surface area contributed by atoms with E-state index in [1.54, 1.807) is 6.07 Å². The van der Waals surface area contributed by atoms with E-state index in [1.165, 1.54) is 0 Å². The number of carbonyl (C=O) groups excluding carboxylic acids is 1. The molecule has 5 nitrogen and oxygen atoms in total. The maximum absolute atomic E-state index is 12.7. The molecule has 114 valence electrons. The summed E-state index contributed by atoms with van der Waals surface area (Å²) in [6, 6.07) is 9.59. The lowest BCUT2D eigenvalue weighted by atomic mass is 10.1. The van der Waals surface area contributed by atoms with E-state index in [-0.39, 0.29) is 17.6 Å². The van der Waals surface area contributed by atoms with Crippen LogP contribution in [-0.2, 0) is 0 Å². The first-order valence-electron chi connectivity index (χ1n) is 7.41. The summed E-state index contributed by atoms with van der Waals surface area (Å²) in [6.45, 7) is 0.618. The molecule has 2 N–H and O–H groups in total. The van der Waals surface area contributed by atoms with Crippen molar-refractivity contribution in [3.8, 4) is 11.3 Å². The zero-order chi connectivity index (χ0) is 15.3. The van der Waals surface area contributed by atoms with Gasteiger partial charge in [-0.25, -0.2) is 0 Å². The van der Waals surface area contributed by atoms with Crippen LogP contribution in [0, 0.1) is 0 Å². The number of H-pyrrole nitrogens is 1. The molecule has 1 aliphatic heterocycles. The first kappa shape index (κ1) is 14.0. The summed E-state index contributed by atoms with van der Waals surface area (Å²) >= 11 is 3.40. The fourth-order valence-electron chi connectivity index (χ4n) is 3.30. The molecule has 1 amide bonds. The number of aliphatic hydroxyl groups excluding tert-OH is 1. The Balaban J connectivity index is 1.59. The van der Waals surface area contributed by atoms with Gasteiger partial charge in [0.2, 0.25) is 0 Å². The highest BCUT2D eigenvalue weighted by molar-refractivity contribution is 9.10. The van der Waals surface area contributed by atoms with Gasteiger partial charge in [-0.15, -0.1) is 0 Å². The van der Waals surface area contributed by atoms with Crippen molar-refractivity contribution in [1.29, 1.82) is 0 Å². The lowest BCUT2D eigenvalue weighted by Crippen LogP contribution is -2.41. The summed E-state index contributed by atoms with van der Waals surface area (Å²) < 4.78 is 1.00. The fraction of sp³-hybridized carbons (Fsp3) is 0.375. The Kier molecular flexibility index (Phi) is 3.13. The number of rotatable bonds is 2. The summed E-state index contributed by atoms with van der Waals surface area (Å²) in [4.78, 5) is 14.5. The van der Waals surface area contributed by atoms with Crippen molar-refractivity contribution in [1.82, 2.24) is 15.1 Å². The summed E-state index contributed by atoms with van der Waals surface area (Å²) in [7, 11) is 0. The van der Waals surface area contributed by atoms with Crippen molar-refractivity contribution in [3.05, 3.63) is 40.5 Å². The van der Waals surface area contributed by atoms with E-state index < -0.39 is 0 Å². The average molecular weight is 362 g/mol. The fourth-order valence-corrected chi connectivity index (χ4v) is 3.57. The highest BCUT2D eigenvalue weighted by Gasteiger charge is 2.59. The average Bonchev–Trinajstić information content (AvgIpc) is 3.04. The molecule has 6 heteroatoms. The molecule has 2 fully saturated rings. The summed E-state index contributed by atoms with van der Waals surface area (Å²) in [5.41, 5.74) is 1.89. The van der Waals surface area contributed by atoms with E-state index in [1.807, 2.05) is 29.2 Å². The number of nitrogens with zero attached hydrogens (tertiary/aromatic N) is 2. The number of benzene rings is 1. The molecule has 1 saturated heterocycles. The van der Waals surface area contributed by atoms with Gasteiger partial charge in [0.25, 0.3) is 5.91 Å². The highest BCUT2D eigenvalue weighted by atomic mass is 79.9. The normalized spacial score (nSPS) is 22.3. The number of aromatic amines is 1. The molecular formula is C16H16BrN3O2. The Morgan fingerprint density at radius 3 is 2.77 bits per heavy atom. The van der Waals surface area contributed by atoms with Crippen LogP contribution in [0.5, 0.6) is 0 Å². The summed E-state index contributed by atoms with van der Waals surface area (Å²) in [6.07, 6.45) is 2.08. The lowest BCUT2D eigenvalue weighted by Gasteiger charge is -2.25. The molecule has 2 heterocycles. The molecule has 1 aromatic carbocycles. The van der Waals surface area contributed by atoms with Crippen LogP contribution >= 0.6 is 15.9 Å². The Hall–Kier alpha value is -1.66. The van der Waals surface area contributed by atoms with Crippen LogP contribution in [0.15, 0.2) is 34.8 Å². The number of aliphatic hydroxyl groups is 1. The molecule has 1 atom stereocenters. The van der Waals surface area contributed by atoms with Crippen LogP contribution in [0.4, 0.5) is 0 Å². The second kappa shape index (κ2) is 4.93. The highest BCUT2D eigenvalue weighted by Crippen LogP contribution is 2.50. The van der Waals surface area contributed by atoms with Gasteiger partial charge in [-0.05, 0) is 37.5 Å². The Morgan fingerprint density at radius 2 is 2.09 bits per heavy atom. The molecular weight excluding hydrogens is 346 g/mol. The number of likely N-dealkylation sites (tertiary alicyclic amines) is 1. The maximum Gasteiger partial charge on any atom is 0.272 e. The van der Waals surface area contributed by atoms with E-state index in [9.17, 15) is 9.90 Å². The molecule has 1 aliphatic carbocycles. The minimum Gasteiger partial charge on any atom is -0.391 e. The Labute approximate surface area is 136 Å². The zero-order valence-electron chi connectivity index (χ0n) is 11.9. The van der Waals surface area contributed by atoms with Crippen molar-refractivity contribution >= 4 is 21.8 Å². The number of nitrogens with one attached hydrogen (secondary N) is 1. The van der Waals surface area contributed by atoms with Crippen LogP contribution in [0.3, 0.4) is 0 Å². The predicted molar refractivity (Wildman–Crippen MR) is 85.3 cm³/mol. The minimum absolute atomic E-state index is 0.0649. The van der Waals surface area contributed by atoms with E-state index in [0.717, 1.165) is 28.6 Å². The number of amides is 1. The first-order valence-corrected chi connectivity index (χ1v) is 8.21. The van der Waals surface area contributed by atoms with Gasteiger partial charge < -0.3 is 10.0 Å². The number of hydrogen-bond acceptors (Lipinski definition) is 3. The molecule has 1 unspecified atom stereocenters. The van der Waals surface area contributed by atoms with Crippen LogP contribution in [0.1, 0.15) is 29.8 Å². The van der Waals surface area contributed by atoms with Crippen LogP contribution < -0.4 is 0 Å². The topological polar surface area (TPSA) is 69.2 Å². The molecule has 1 saturated carbocycles. The maximum atomic E-state index is 12.7. The molecule has 1 spiro atoms. The number of hydrogen-bond donors (Lipinski definition) is 2. The van der Waals surface area contributed by atoms with E-state index in [2.05, 4.69) is 26.1 Å². The molecule has 0 bridgehead atoms. The SMILES string of the molecule is O=C(c1cc(-c2ccc(Br)cc2)n[nH]1)N1CCC(O)C12CC2. The molecule has 4 rings (SSSR count). The van der Waals surface area contributed by atoms with E-state index in [4.69, 9.17) is 0 Å². The third-order valence-electron chi connectivity index (χ3n) is 4.74. The summed E-state index contributed by atoms with van der Waals surface area (Å²) in [5.74, 6) is -0.0649. The molecule has 2 aliphatic rings. The predicted octanol–water partition coefficient (Wildman–Crippen LogP) is 2.58. The van der Waals surface area contributed by atoms with Gasteiger partial charge in [-0.3, -0.25) is 9.89 Å². The van der Waals surface area contributed by atoms with Gasteiger partial charge in [0.05, 0.1) is 17.3 Å². The Morgan fingerprint density at radius 1 is 1.36 bits per heavy atom. The molecule has 1 aromatic heterocycles. The van der Waals surface area contributed by atoms with Crippen LogP contribution in [0.25, 0.3) is 11.3 Å². The van der Waals surface area contributed by atoms with Gasteiger partial charge in [0.1, 0.15) is 5.69 Å². The van der Waals surface area contributed by atoms with E-state index in [0.29, 0.717) is 18.7 Å². The van der Waals surface area contributed by atoms with Crippen LogP contribution in [-0.4, -0.2) is 44.3 Å². The third kappa shape index (κ3) is 2.09. The van der Waals surface area contributed by atoms with E-state index >= 15 is 0 Å². The van der Waals surface area contributed by atoms with Crippen LogP contribution in [0.2, 0.25) is 0 Å².